The molecular weight excluding hydrogens is 406 g/mol. The molecule has 2 aliphatic rings. The van der Waals surface area contributed by atoms with E-state index in [1.165, 1.54) is 0 Å². The van der Waals surface area contributed by atoms with Crippen LogP contribution in [0.4, 0.5) is 17.5 Å². The van der Waals surface area contributed by atoms with E-state index in [0.29, 0.717) is 22.6 Å². The molecule has 0 spiro atoms. The van der Waals surface area contributed by atoms with Gasteiger partial charge in [-0.2, -0.15) is 4.98 Å². The summed E-state index contributed by atoms with van der Waals surface area (Å²) in [5.74, 6) is -0.701. The van der Waals surface area contributed by atoms with E-state index < -0.39 is 17.4 Å². The molecule has 1 aromatic heterocycles. The number of halogens is 1. The average Bonchev–Trinajstić information content (AvgIpc) is 2.69. The molecule has 0 unspecified atom stereocenters. The fourth-order valence-electron chi connectivity index (χ4n) is 4.06. The van der Waals surface area contributed by atoms with Crippen LogP contribution in [0.15, 0.2) is 23.0 Å². The van der Waals surface area contributed by atoms with Gasteiger partial charge in [0.2, 0.25) is 17.8 Å². The van der Waals surface area contributed by atoms with Crippen LogP contribution in [0.5, 0.6) is 0 Å². The third kappa shape index (κ3) is 4.05. The zero-order chi connectivity index (χ0) is 21.4. The molecule has 8 nitrogen and oxygen atoms in total. The van der Waals surface area contributed by atoms with Gasteiger partial charge in [0, 0.05) is 19.5 Å². The number of carbonyl (C=O) groups is 2. The molecule has 0 bridgehead atoms. The second-order valence-electron chi connectivity index (χ2n) is 8.12. The normalized spacial score (nSPS) is 21.0. The Labute approximate surface area is 179 Å². The third-order valence-electron chi connectivity index (χ3n) is 5.59. The summed E-state index contributed by atoms with van der Waals surface area (Å²) in [6, 6.07) is 5.25. The monoisotopic (exact) mass is 429 g/mol. The first kappa shape index (κ1) is 20.4. The van der Waals surface area contributed by atoms with Gasteiger partial charge in [-0.25, -0.2) is 0 Å². The molecule has 3 N–H and O–H groups in total. The van der Waals surface area contributed by atoms with Crippen LogP contribution in [0.2, 0.25) is 5.02 Å². The van der Waals surface area contributed by atoms with Crippen LogP contribution in [0.3, 0.4) is 0 Å². The molecule has 1 aromatic carbocycles. The molecule has 2 atom stereocenters. The van der Waals surface area contributed by atoms with Crippen LogP contribution in [0.25, 0.3) is 0 Å². The van der Waals surface area contributed by atoms with Crippen LogP contribution in [-0.4, -0.2) is 34.9 Å². The number of aromatic amines is 1. The quantitative estimate of drug-likeness (QED) is 0.695. The van der Waals surface area contributed by atoms with E-state index in [4.69, 9.17) is 11.6 Å². The summed E-state index contributed by atoms with van der Waals surface area (Å²) in [6.45, 7) is 5.62. The second kappa shape index (κ2) is 8.10. The Hall–Kier alpha value is -2.87. The number of amides is 2. The SMILES string of the molecule is Cc1ccc(NC(=O)[C@H]2CC(=O)Nc3nc(N4CCC[C@@H](C)C4)[nH]c(=O)c32)c(Cl)c1. The van der Waals surface area contributed by atoms with Crippen molar-refractivity contribution in [1.82, 2.24) is 9.97 Å². The third-order valence-corrected chi connectivity index (χ3v) is 5.91. The van der Waals surface area contributed by atoms with Crippen molar-refractivity contribution in [2.45, 2.75) is 39.0 Å². The molecule has 1 saturated heterocycles. The van der Waals surface area contributed by atoms with Crippen LogP contribution >= 0.6 is 11.6 Å². The molecule has 0 saturated carbocycles. The number of hydrogen-bond acceptors (Lipinski definition) is 5. The predicted octanol–water partition coefficient (Wildman–Crippen LogP) is 3.03. The van der Waals surface area contributed by atoms with Gasteiger partial charge in [0.15, 0.2) is 0 Å². The van der Waals surface area contributed by atoms with E-state index in [-0.39, 0.29) is 23.7 Å². The number of piperidine rings is 1. The van der Waals surface area contributed by atoms with Gasteiger partial charge in [-0.3, -0.25) is 19.4 Å². The largest absolute Gasteiger partial charge is 0.342 e. The highest BCUT2D eigenvalue weighted by Gasteiger charge is 2.35. The minimum atomic E-state index is -0.948. The highest BCUT2D eigenvalue weighted by atomic mass is 35.5. The molecule has 4 rings (SSSR count). The number of fused-ring (bicyclic) bond motifs is 1. The van der Waals surface area contributed by atoms with E-state index in [2.05, 4.69) is 27.5 Å². The van der Waals surface area contributed by atoms with Gasteiger partial charge in [-0.15, -0.1) is 0 Å². The fourth-order valence-corrected chi connectivity index (χ4v) is 4.34. The number of benzene rings is 1. The van der Waals surface area contributed by atoms with Crippen molar-refractivity contribution in [3.8, 4) is 0 Å². The first-order valence-corrected chi connectivity index (χ1v) is 10.5. The van der Waals surface area contributed by atoms with E-state index in [9.17, 15) is 14.4 Å². The molecule has 158 valence electrons. The number of aryl methyl sites for hydroxylation is 1. The minimum Gasteiger partial charge on any atom is -0.342 e. The van der Waals surface area contributed by atoms with Gasteiger partial charge in [0.25, 0.3) is 5.56 Å². The topological polar surface area (TPSA) is 107 Å². The standard InChI is InChI=1S/C21H24ClN5O3/c1-11-5-6-15(14(22)8-11)23-19(29)13-9-16(28)24-18-17(13)20(30)26-21(25-18)27-7-3-4-12(2)10-27/h5-6,8,12-13H,3-4,7,9-10H2,1-2H3,(H,23,29)(H2,24,25,26,28,30)/t12-,13+/m1/s1. The maximum absolute atomic E-state index is 13.0. The van der Waals surface area contributed by atoms with E-state index in [1.807, 2.05) is 17.9 Å². The summed E-state index contributed by atoms with van der Waals surface area (Å²) in [4.78, 5) is 47.4. The van der Waals surface area contributed by atoms with E-state index >= 15 is 0 Å². The summed E-state index contributed by atoms with van der Waals surface area (Å²) >= 11 is 6.21. The van der Waals surface area contributed by atoms with E-state index in [0.717, 1.165) is 31.5 Å². The molecule has 2 aliphatic heterocycles. The Morgan fingerprint density at radius 2 is 2.13 bits per heavy atom. The maximum atomic E-state index is 13.0. The van der Waals surface area contributed by atoms with Crippen molar-refractivity contribution in [3.05, 3.63) is 44.7 Å². The number of carbonyl (C=O) groups excluding carboxylic acids is 2. The molecule has 30 heavy (non-hydrogen) atoms. The Balaban J connectivity index is 1.65. The van der Waals surface area contributed by atoms with Crippen molar-refractivity contribution in [1.29, 1.82) is 0 Å². The van der Waals surface area contributed by atoms with Gasteiger partial charge in [-0.05, 0) is 43.4 Å². The lowest BCUT2D eigenvalue weighted by molar-refractivity contribution is -0.123. The highest BCUT2D eigenvalue weighted by molar-refractivity contribution is 6.33. The van der Waals surface area contributed by atoms with Crippen LogP contribution in [0, 0.1) is 12.8 Å². The first-order valence-electron chi connectivity index (χ1n) is 10.1. The maximum Gasteiger partial charge on any atom is 0.258 e. The van der Waals surface area contributed by atoms with Gasteiger partial charge >= 0.3 is 0 Å². The number of anilines is 3. The zero-order valence-corrected chi connectivity index (χ0v) is 17.7. The number of H-pyrrole nitrogens is 1. The van der Waals surface area contributed by atoms with E-state index in [1.54, 1.807) is 12.1 Å². The molecule has 0 radical (unpaired) electrons. The van der Waals surface area contributed by atoms with Crippen molar-refractivity contribution >= 4 is 40.9 Å². The van der Waals surface area contributed by atoms with Gasteiger partial charge in [-0.1, -0.05) is 24.6 Å². The molecular formula is C21H24ClN5O3. The van der Waals surface area contributed by atoms with Gasteiger partial charge in [0.1, 0.15) is 5.82 Å². The van der Waals surface area contributed by atoms with Crippen molar-refractivity contribution < 1.29 is 9.59 Å². The summed E-state index contributed by atoms with van der Waals surface area (Å²) in [5, 5.41) is 5.79. The molecule has 0 aliphatic carbocycles. The van der Waals surface area contributed by atoms with Crippen molar-refractivity contribution in [3.63, 3.8) is 0 Å². The van der Waals surface area contributed by atoms with Crippen molar-refractivity contribution in [2.24, 2.45) is 5.92 Å². The molecule has 2 amide bonds. The highest BCUT2D eigenvalue weighted by Crippen LogP contribution is 2.32. The number of nitrogens with one attached hydrogen (secondary N) is 3. The minimum absolute atomic E-state index is 0.132. The zero-order valence-electron chi connectivity index (χ0n) is 16.9. The number of hydrogen-bond donors (Lipinski definition) is 3. The summed E-state index contributed by atoms with van der Waals surface area (Å²) in [6.07, 6.45) is 2.01. The predicted molar refractivity (Wildman–Crippen MR) is 116 cm³/mol. The molecule has 2 aromatic rings. The fraction of sp³-hybridized carbons (Fsp3) is 0.429. The lowest BCUT2D eigenvalue weighted by Crippen LogP contribution is -2.40. The number of rotatable bonds is 3. The Morgan fingerprint density at radius 1 is 1.33 bits per heavy atom. The number of nitrogens with zero attached hydrogens (tertiary/aromatic N) is 2. The lowest BCUT2D eigenvalue weighted by Gasteiger charge is -2.32. The van der Waals surface area contributed by atoms with Gasteiger partial charge < -0.3 is 15.5 Å². The molecule has 1 fully saturated rings. The molecule has 9 heteroatoms. The van der Waals surface area contributed by atoms with Gasteiger partial charge in [0.05, 0.1) is 22.2 Å². The Kier molecular flexibility index (Phi) is 5.51. The lowest BCUT2D eigenvalue weighted by atomic mass is 9.92. The Bertz CT molecular complexity index is 1070. The van der Waals surface area contributed by atoms with Crippen LogP contribution < -0.4 is 21.1 Å². The van der Waals surface area contributed by atoms with Crippen LogP contribution in [0.1, 0.15) is 43.2 Å². The second-order valence-corrected chi connectivity index (χ2v) is 8.53. The Morgan fingerprint density at radius 3 is 2.87 bits per heavy atom. The first-order chi connectivity index (χ1) is 14.3. The summed E-state index contributed by atoms with van der Waals surface area (Å²) < 4.78 is 0. The average molecular weight is 430 g/mol. The van der Waals surface area contributed by atoms with Crippen molar-refractivity contribution in [2.75, 3.05) is 28.6 Å². The summed E-state index contributed by atoms with van der Waals surface area (Å²) in [5.41, 5.74) is 1.15. The molecule has 3 heterocycles. The van der Waals surface area contributed by atoms with Crippen LogP contribution in [-0.2, 0) is 9.59 Å². The number of aromatic nitrogens is 2. The summed E-state index contributed by atoms with van der Waals surface area (Å²) in [7, 11) is 0. The smallest absolute Gasteiger partial charge is 0.258 e.